The molecule has 6 heteroatoms. The summed E-state index contributed by atoms with van der Waals surface area (Å²) in [4.78, 5) is 0.317. The fourth-order valence-corrected chi connectivity index (χ4v) is 3.10. The fourth-order valence-electron chi connectivity index (χ4n) is 1.98. The summed E-state index contributed by atoms with van der Waals surface area (Å²) >= 11 is 0. The molecule has 0 aliphatic rings. The zero-order valence-corrected chi connectivity index (χ0v) is 13.2. The molecule has 0 aromatic heterocycles. The average molecular weight is 300 g/mol. The Hall–Kier alpha value is -0.950. The summed E-state index contributed by atoms with van der Waals surface area (Å²) in [7, 11) is 0.0101. The van der Waals surface area contributed by atoms with E-state index in [0.29, 0.717) is 31.0 Å². The number of hydrogen-bond donors (Lipinski definition) is 2. The number of benzene rings is 1. The Labute approximate surface area is 121 Å². The van der Waals surface area contributed by atoms with Gasteiger partial charge >= 0.3 is 0 Å². The minimum absolute atomic E-state index is 0.317. The average Bonchev–Trinajstić information content (AvgIpc) is 2.44. The smallest absolute Gasteiger partial charge is 0.240 e. The van der Waals surface area contributed by atoms with E-state index in [1.54, 1.807) is 19.2 Å². The van der Waals surface area contributed by atoms with Crippen LogP contribution in [0.5, 0.6) is 0 Å². The molecule has 0 spiro atoms. The van der Waals surface area contributed by atoms with Crippen molar-refractivity contribution in [2.45, 2.75) is 31.2 Å². The van der Waals surface area contributed by atoms with Gasteiger partial charge in [-0.25, -0.2) is 13.1 Å². The van der Waals surface area contributed by atoms with Crippen LogP contribution in [0, 0.1) is 0 Å². The zero-order valence-electron chi connectivity index (χ0n) is 12.4. The van der Waals surface area contributed by atoms with Gasteiger partial charge in [-0.2, -0.15) is 0 Å². The second-order valence-electron chi connectivity index (χ2n) is 4.56. The Morgan fingerprint density at radius 2 is 2.00 bits per heavy atom. The predicted molar refractivity (Wildman–Crippen MR) is 80.3 cm³/mol. The second kappa shape index (κ2) is 8.36. The van der Waals surface area contributed by atoms with Crippen LogP contribution in [0.3, 0.4) is 0 Å². The van der Waals surface area contributed by atoms with E-state index < -0.39 is 10.0 Å². The maximum absolute atomic E-state index is 12.2. The molecule has 0 radical (unpaired) electrons. The van der Waals surface area contributed by atoms with E-state index in [9.17, 15) is 8.42 Å². The minimum Gasteiger partial charge on any atom is -0.385 e. The second-order valence-corrected chi connectivity index (χ2v) is 6.33. The first-order valence-corrected chi connectivity index (χ1v) is 8.28. The van der Waals surface area contributed by atoms with Crippen molar-refractivity contribution in [3.63, 3.8) is 0 Å². The highest BCUT2D eigenvalue weighted by Crippen LogP contribution is 2.16. The van der Waals surface area contributed by atoms with Crippen molar-refractivity contribution >= 4 is 10.0 Å². The number of nitrogens with one attached hydrogen (secondary N) is 2. The lowest BCUT2D eigenvalue weighted by Crippen LogP contribution is -2.26. The summed E-state index contributed by atoms with van der Waals surface area (Å²) in [5, 5.41) is 3.07. The molecule has 0 fully saturated rings. The van der Waals surface area contributed by atoms with Crippen LogP contribution >= 0.6 is 0 Å². The molecule has 114 valence electrons. The number of methoxy groups -OCH3 is 1. The van der Waals surface area contributed by atoms with Gasteiger partial charge in [-0.3, -0.25) is 0 Å². The highest BCUT2D eigenvalue weighted by molar-refractivity contribution is 7.89. The molecule has 0 atom stereocenters. The molecular formula is C14H24N2O3S. The van der Waals surface area contributed by atoms with E-state index >= 15 is 0 Å². The maximum Gasteiger partial charge on any atom is 0.240 e. The lowest BCUT2D eigenvalue weighted by molar-refractivity contribution is 0.196. The quantitative estimate of drug-likeness (QED) is 0.674. The van der Waals surface area contributed by atoms with Gasteiger partial charge in [0.25, 0.3) is 0 Å². The van der Waals surface area contributed by atoms with E-state index in [1.165, 1.54) is 0 Å². The van der Waals surface area contributed by atoms with Crippen molar-refractivity contribution in [2.75, 3.05) is 27.3 Å². The zero-order chi connectivity index (χ0) is 15.0. The highest BCUT2D eigenvalue weighted by atomic mass is 32.2. The number of aryl methyl sites for hydroxylation is 1. The standard InChI is InChI=1S/C14H24N2O3S/c1-4-12-6-7-14(10-13(12)11-15-2)20(17,18)16-8-5-9-19-3/h6-7,10,15-16H,4-5,8-9,11H2,1-3H3. The number of hydrogen-bond acceptors (Lipinski definition) is 4. The normalized spacial score (nSPS) is 11.8. The Kier molecular flexibility index (Phi) is 7.15. The van der Waals surface area contributed by atoms with Gasteiger partial charge in [0.05, 0.1) is 4.90 Å². The largest absolute Gasteiger partial charge is 0.385 e. The highest BCUT2D eigenvalue weighted by Gasteiger charge is 2.15. The molecule has 0 saturated carbocycles. The number of rotatable bonds is 9. The molecule has 0 aliphatic heterocycles. The molecule has 20 heavy (non-hydrogen) atoms. The van der Waals surface area contributed by atoms with Crippen LogP contribution in [0.2, 0.25) is 0 Å². The van der Waals surface area contributed by atoms with Crippen LogP contribution in [0.4, 0.5) is 0 Å². The summed E-state index contributed by atoms with van der Waals surface area (Å²) in [6, 6.07) is 5.29. The summed E-state index contributed by atoms with van der Waals surface area (Å²) < 4.78 is 31.8. The molecule has 0 amide bonds. The van der Waals surface area contributed by atoms with Gasteiger partial charge in [-0.1, -0.05) is 13.0 Å². The van der Waals surface area contributed by atoms with Gasteiger partial charge in [0.1, 0.15) is 0 Å². The van der Waals surface area contributed by atoms with Crippen LogP contribution in [0.25, 0.3) is 0 Å². The van der Waals surface area contributed by atoms with E-state index in [0.717, 1.165) is 17.5 Å². The monoisotopic (exact) mass is 300 g/mol. The van der Waals surface area contributed by atoms with Crippen LogP contribution in [0.1, 0.15) is 24.5 Å². The summed E-state index contributed by atoms with van der Waals surface area (Å²) in [5.74, 6) is 0. The lowest BCUT2D eigenvalue weighted by Gasteiger charge is -2.11. The van der Waals surface area contributed by atoms with E-state index in [2.05, 4.69) is 17.0 Å². The summed E-state index contributed by atoms with van der Waals surface area (Å²) in [5.41, 5.74) is 2.19. The molecule has 0 unspecified atom stereocenters. The van der Waals surface area contributed by atoms with Crippen molar-refractivity contribution in [3.8, 4) is 0 Å². The Bertz CT molecular complexity index is 515. The molecule has 2 N–H and O–H groups in total. The SMILES string of the molecule is CCc1ccc(S(=O)(=O)NCCCOC)cc1CNC. The van der Waals surface area contributed by atoms with Crippen LogP contribution < -0.4 is 10.0 Å². The first kappa shape index (κ1) is 17.1. The molecule has 5 nitrogen and oxygen atoms in total. The van der Waals surface area contributed by atoms with Gasteiger partial charge in [0.2, 0.25) is 10.0 Å². The third-order valence-electron chi connectivity index (χ3n) is 3.05. The van der Waals surface area contributed by atoms with Gasteiger partial charge < -0.3 is 10.1 Å². The van der Waals surface area contributed by atoms with E-state index in [4.69, 9.17) is 4.74 Å². The molecule has 0 saturated heterocycles. The molecule has 0 aliphatic carbocycles. The molecular weight excluding hydrogens is 276 g/mol. The Balaban J connectivity index is 2.86. The number of sulfonamides is 1. The predicted octanol–water partition coefficient (Wildman–Crippen LogP) is 1.28. The van der Waals surface area contributed by atoms with Crippen molar-refractivity contribution in [1.82, 2.24) is 10.0 Å². The lowest BCUT2D eigenvalue weighted by atomic mass is 10.1. The maximum atomic E-state index is 12.2. The van der Waals surface area contributed by atoms with Crippen molar-refractivity contribution < 1.29 is 13.2 Å². The third kappa shape index (κ3) is 4.86. The minimum atomic E-state index is -3.44. The summed E-state index contributed by atoms with van der Waals surface area (Å²) in [6.45, 7) is 3.65. The van der Waals surface area contributed by atoms with Crippen molar-refractivity contribution in [2.24, 2.45) is 0 Å². The first-order valence-electron chi connectivity index (χ1n) is 6.80. The summed E-state index contributed by atoms with van der Waals surface area (Å²) in [6.07, 6.45) is 1.55. The van der Waals surface area contributed by atoms with Crippen molar-refractivity contribution in [1.29, 1.82) is 0 Å². The fraction of sp³-hybridized carbons (Fsp3) is 0.571. The molecule has 1 aromatic carbocycles. The van der Waals surface area contributed by atoms with Crippen LogP contribution in [-0.4, -0.2) is 35.7 Å². The van der Waals surface area contributed by atoms with Crippen molar-refractivity contribution in [3.05, 3.63) is 29.3 Å². The third-order valence-corrected chi connectivity index (χ3v) is 4.51. The van der Waals surface area contributed by atoms with Crippen LogP contribution in [0.15, 0.2) is 23.1 Å². The van der Waals surface area contributed by atoms with Gasteiger partial charge in [-0.15, -0.1) is 0 Å². The number of ether oxygens (including phenoxy) is 1. The van der Waals surface area contributed by atoms with Gasteiger partial charge in [0.15, 0.2) is 0 Å². The molecule has 0 bridgehead atoms. The molecule has 0 heterocycles. The molecule has 1 aromatic rings. The van der Waals surface area contributed by atoms with Gasteiger partial charge in [-0.05, 0) is 43.1 Å². The van der Waals surface area contributed by atoms with E-state index in [-0.39, 0.29) is 0 Å². The molecule has 1 rings (SSSR count). The van der Waals surface area contributed by atoms with E-state index in [1.807, 2.05) is 13.1 Å². The topological polar surface area (TPSA) is 67.4 Å². The van der Waals surface area contributed by atoms with Gasteiger partial charge in [0, 0.05) is 26.8 Å². The first-order chi connectivity index (χ1) is 9.55. The van der Waals surface area contributed by atoms with Crippen LogP contribution in [-0.2, 0) is 27.7 Å². The Morgan fingerprint density at radius 1 is 1.25 bits per heavy atom. The Morgan fingerprint density at radius 3 is 2.60 bits per heavy atom.